The maximum atomic E-state index is 13.8. The Labute approximate surface area is 148 Å². The lowest BCUT2D eigenvalue weighted by atomic mass is 10.2. The molecule has 6 nitrogen and oxygen atoms in total. The van der Waals surface area contributed by atoms with Gasteiger partial charge in [0, 0.05) is 13.1 Å². The second kappa shape index (κ2) is 8.82. The van der Waals surface area contributed by atoms with Crippen molar-refractivity contribution in [1.29, 1.82) is 5.41 Å². The number of halogens is 2. The number of ether oxygens (including phenoxy) is 1. The van der Waals surface area contributed by atoms with E-state index in [0.29, 0.717) is 12.1 Å². The average molecular weight is 361 g/mol. The van der Waals surface area contributed by atoms with Gasteiger partial charge in [-0.1, -0.05) is 30.3 Å². The van der Waals surface area contributed by atoms with Crippen LogP contribution < -0.4 is 5.32 Å². The third-order valence-electron chi connectivity index (χ3n) is 3.51. The number of nitrogens with zero attached hydrogens (tertiary/aromatic N) is 1. The summed E-state index contributed by atoms with van der Waals surface area (Å²) in [5.74, 6) is -2.08. The Hall–Kier alpha value is -3.13. The molecular weight excluding hydrogens is 344 g/mol. The standard InChI is InChI=1S/C18H17F2N3O3/c1-23(17(21)11-26-10-12-5-3-2-4-6-12)18(25)22-16-8-14(19)13(9-24)7-15(16)20/h2-9,21H,10-11H2,1H3,(H,22,25). The van der Waals surface area contributed by atoms with Crippen molar-refractivity contribution in [2.75, 3.05) is 19.0 Å². The Kier molecular flexibility index (Phi) is 6.51. The van der Waals surface area contributed by atoms with Crippen LogP contribution in [-0.4, -0.2) is 36.7 Å². The Morgan fingerprint density at radius 2 is 1.92 bits per heavy atom. The Morgan fingerprint density at radius 1 is 1.23 bits per heavy atom. The van der Waals surface area contributed by atoms with Gasteiger partial charge in [0.1, 0.15) is 24.1 Å². The summed E-state index contributed by atoms with van der Waals surface area (Å²) in [6.45, 7) is 0.130. The summed E-state index contributed by atoms with van der Waals surface area (Å²) in [5.41, 5.74) is 0.0408. The minimum absolute atomic E-state index is 0.139. The number of amides is 2. The number of benzene rings is 2. The molecule has 2 N–H and O–H groups in total. The predicted molar refractivity (Wildman–Crippen MR) is 92.4 cm³/mol. The quantitative estimate of drug-likeness (QED) is 0.470. The highest BCUT2D eigenvalue weighted by Crippen LogP contribution is 2.19. The van der Waals surface area contributed by atoms with Crippen molar-refractivity contribution >= 4 is 23.8 Å². The fourth-order valence-electron chi connectivity index (χ4n) is 2.01. The second-order valence-corrected chi connectivity index (χ2v) is 5.39. The van der Waals surface area contributed by atoms with Crippen molar-refractivity contribution in [3.63, 3.8) is 0 Å². The monoisotopic (exact) mass is 361 g/mol. The molecule has 0 saturated heterocycles. The third kappa shape index (κ3) is 4.93. The van der Waals surface area contributed by atoms with Crippen molar-refractivity contribution in [3.05, 3.63) is 65.2 Å². The van der Waals surface area contributed by atoms with Gasteiger partial charge in [0.2, 0.25) is 0 Å². The lowest BCUT2D eigenvalue weighted by Crippen LogP contribution is -2.38. The molecule has 0 aromatic heterocycles. The zero-order valence-corrected chi connectivity index (χ0v) is 14.0. The topological polar surface area (TPSA) is 82.5 Å². The molecule has 0 radical (unpaired) electrons. The Balaban J connectivity index is 1.91. The summed E-state index contributed by atoms with van der Waals surface area (Å²) in [6, 6.07) is 9.86. The van der Waals surface area contributed by atoms with Gasteiger partial charge in [-0.3, -0.25) is 15.1 Å². The predicted octanol–water partition coefficient (Wildman–Crippen LogP) is 3.44. The first-order valence-electron chi connectivity index (χ1n) is 7.60. The van der Waals surface area contributed by atoms with Crippen LogP contribution in [0.3, 0.4) is 0 Å². The smallest absolute Gasteiger partial charge is 0.327 e. The highest BCUT2D eigenvalue weighted by molar-refractivity contribution is 6.02. The van der Waals surface area contributed by atoms with Crippen LogP contribution in [0.5, 0.6) is 0 Å². The summed E-state index contributed by atoms with van der Waals surface area (Å²) in [6.07, 6.45) is 0.176. The number of hydrogen-bond donors (Lipinski definition) is 2. The Bertz CT molecular complexity index is 813. The number of nitrogens with one attached hydrogen (secondary N) is 2. The number of rotatable bonds is 6. The molecular formula is C18H17F2N3O3. The van der Waals surface area contributed by atoms with E-state index in [2.05, 4.69) is 5.32 Å². The van der Waals surface area contributed by atoms with E-state index in [1.807, 2.05) is 30.3 Å². The fourth-order valence-corrected chi connectivity index (χ4v) is 2.01. The largest absolute Gasteiger partial charge is 0.369 e. The van der Waals surface area contributed by atoms with Crippen molar-refractivity contribution < 1.29 is 23.1 Å². The zero-order chi connectivity index (χ0) is 19.1. The van der Waals surface area contributed by atoms with Gasteiger partial charge in [-0.05, 0) is 11.6 Å². The first kappa shape index (κ1) is 19.2. The Morgan fingerprint density at radius 3 is 2.58 bits per heavy atom. The molecule has 0 bridgehead atoms. The van der Waals surface area contributed by atoms with Crippen LogP contribution in [0.4, 0.5) is 19.3 Å². The summed E-state index contributed by atoms with van der Waals surface area (Å²) in [5, 5.41) is 9.99. The van der Waals surface area contributed by atoms with Gasteiger partial charge in [-0.15, -0.1) is 0 Å². The molecule has 26 heavy (non-hydrogen) atoms. The van der Waals surface area contributed by atoms with E-state index in [1.165, 1.54) is 7.05 Å². The van der Waals surface area contributed by atoms with E-state index in [1.54, 1.807) is 0 Å². The van der Waals surface area contributed by atoms with E-state index >= 15 is 0 Å². The number of amidine groups is 1. The molecule has 0 heterocycles. The van der Waals surface area contributed by atoms with Gasteiger partial charge in [-0.2, -0.15) is 0 Å². The number of hydrogen-bond acceptors (Lipinski definition) is 4. The molecule has 0 aliphatic rings. The van der Waals surface area contributed by atoms with Crippen molar-refractivity contribution in [2.45, 2.75) is 6.61 Å². The van der Waals surface area contributed by atoms with E-state index in [0.717, 1.165) is 10.5 Å². The van der Waals surface area contributed by atoms with Gasteiger partial charge >= 0.3 is 6.03 Å². The average Bonchev–Trinajstić information content (AvgIpc) is 2.64. The van der Waals surface area contributed by atoms with Gasteiger partial charge in [0.25, 0.3) is 0 Å². The van der Waals surface area contributed by atoms with Crippen LogP contribution in [0.2, 0.25) is 0 Å². The van der Waals surface area contributed by atoms with Crippen LogP contribution in [0.25, 0.3) is 0 Å². The first-order valence-corrected chi connectivity index (χ1v) is 7.60. The molecule has 2 aromatic carbocycles. The molecule has 0 saturated carbocycles. The molecule has 0 atom stereocenters. The number of aldehydes is 1. The molecule has 2 amide bonds. The van der Waals surface area contributed by atoms with E-state index < -0.39 is 28.9 Å². The number of carbonyl (C=O) groups is 2. The van der Waals surface area contributed by atoms with Crippen molar-refractivity contribution in [3.8, 4) is 0 Å². The minimum atomic E-state index is -0.958. The number of carbonyl (C=O) groups excluding carboxylic acids is 2. The zero-order valence-electron chi connectivity index (χ0n) is 14.0. The molecule has 0 aliphatic heterocycles. The van der Waals surface area contributed by atoms with E-state index in [4.69, 9.17) is 10.1 Å². The fraction of sp³-hybridized carbons (Fsp3) is 0.167. The molecule has 0 fully saturated rings. The first-order chi connectivity index (χ1) is 12.4. The van der Waals surface area contributed by atoms with E-state index in [9.17, 15) is 18.4 Å². The number of anilines is 1. The van der Waals surface area contributed by atoms with Gasteiger partial charge < -0.3 is 10.1 Å². The molecule has 8 heteroatoms. The van der Waals surface area contributed by atoms with Crippen LogP contribution >= 0.6 is 0 Å². The SMILES string of the molecule is CN(C(=N)COCc1ccccc1)C(=O)Nc1cc(F)c(C=O)cc1F. The minimum Gasteiger partial charge on any atom is -0.369 e. The van der Waals surface area contributed by atoms with Gasteiger partial charge in [0.05, 0.1) is 17.9 Å². The number of likely N-dealkylation sites (N-methyl/N-ethyl adjacent to an activating group) is 1. The molecule has 2 rings (SSSR count). The van der Waals surface area contributed by atoms with Crippen LogP contribution in [0.15, 0.2) is 42.5 Å². The normalized spacial score (nSPS) is 10.3. The molecule has 0 spiro atoms. The summed E-state index contributed by atoms with van der Waals surface area (Å²) >= 11 is 0. The lowest BCUT2D eigenvalue weighted by Gasteiger charge is -2.19. The summed E-state index contributed by atoms with van der Waals surface area (Å²) in [7, 11) is 1.30. The van der Waals surface area contributed by atoms with Crippen molar-refractivity contribution in [1.82, 2.24) is 4.90 Å². The molecule has 0 unspecified atom stereocenters. The van der Waals surface area contributed by atoms with Crippen LogP contribution in [-0.2, 0) is 11.3 Å². The van der Waals surface area contributed by atoms with Crippen molar-refractivity contribution in [2.24, 2.45) is 0 Å². The number of urea groups is 1. The molecule has 0 aliphatic carbocycles. The van der Waals surface area contributed by atoms with E-state index in [-0.39, 0.29) is 25.3 Å². The highest BCUT2D eigenvalue weighted by Gasteiger charge is 2.17. The maximum absolute atomic E-state index is 13.8. The molecule has 136 valence electrons. The molecule has 2 aromatic rings. The summed E-state index contributed by atoms with van der Waals surface area (Å²) in [4.78, 5) is 23.5. The van der Waals surface area contributed by atoms with Gasteiger partial charge in [-0.25, -0.2) is 13.6 Å². The summed E-state index contributed by atoms with van der Waals surface area (Å²) < 4.78 is 32.7. The maximum Gasteiger partial charge on any atom is 0.327 e. The highest BCUT2D eigenvalue weighted by atomic mass is 19.1. The van der Waals surface area contributed by atoms with Gasteiger partial charge in [0.15, 0.2) is 6.29 Å². The van der Waals surface area contributed by atoms with Crippen LogP contribution in [0, 0.1) is 17.0 Å². The third-order valence-corrected chi connectivity index (χ3v) is 3.51. The lowest BCUT2D eigenvalue weighted by molar-refractivity contribution is 0.111. The second-order valence-electron chi connectivity index (χ2n) is 5.39. The van der Waals surface area contributed by atoms with Crippen LogP contribution in [0.1, 0.15) is 15.9 Å².